The van der Waals surface area contributed by atoms with Crippen molar-refractivity contribution in [2.45, 2.75) is 32.3 Å². The van der Waals surface area contributed by atoms with Crippen LogP contribution in [0.4, 0.5) is 0 Å². The molecule has 2 unspecified atom stereocenters. The van der Waals surface area contributed by atoms with E-state index < -0.39 is 0 Å². The van der Waals surface area contributed by atoms with E-state index in [1.165, 1.54) is 19.4 Å². The van der Waals surface area contributed by atoms with Gasteiger partial charge in [-0.15, -0.1) is 0 Å². The van der Waals surface area contributed by atoms with Gasteiger partial charge in [-0.2, -0.15) is 0 Å². The summed E-state index contributed by atoms with van der Waals surface area (Å²) in [5.41, 5.74) is 5.66. The third-order valence-electron chi connectivity index (χ3n) is 3.69. The lowest BCUT2D eigenvalue weighted by atomic mass is 9.82. The minimum Gasteiger partial charge on any atom is -0.377 e. The molecule has 0 radical (unpaired) electrons. The second-order valence-electron chi connectivity index (χ2n) is 4.45. The van der Waals surface area contributed by atoms with Crippen molar-refractivity contribution in [3.63, 3.8) is 0 Å². The number of nitrogens with two attached hydrogens (primary N) is 1. The first-order valence-corrected chi connectivity index (χ1v) is 5.64. The fourth-order valence-corrected chi connectivity index (χ4v) is 2.26. The molecule has 3 nitrogen and oxygen atoms in total. The normalized spacial score (nSPS) is 28.7. The first kappa shape index (κ1) is 12.0. The molecule has 84 valence electrons. The number of rotatable bonds is 4. The standard InChI is InChI=1S/C11H24N2O/c1-4-13-7-5-6-10(8-13)11(2,9-12)14-3/h10H,4-9,12H2,1-3H3. The van der Waals surface area contributed by atoms with Crippen LogP contribution in [0.2, 0.25) is 0 Å². The van der Waals surface area contributed by atoms with Crippen LogP contribution in [0, 0.1) is 5.92 Å². The molecule has 1 heterocycles. The third-order valence-corrected chi connectivity index (χ3v) is 3.69. The SMILES string of the molecule is CCN1CCCC(C(C)(CN)OC)C1. The Morgan fingerprint density at radius 2 is 2.29 bits per heavy atom. The molecule has 0 aromatic rings. The third kappa shape index (κ3) is 2.47. The summed E-state index contributed by atoms with van der Waals surface area (Å²) in [6.07, 6.45) is 2.52. The van der Waals surface area contributed by atoms with Crippen molar-refractivity contribution in [1.29, 1.82) is 0 Å². The molecule has 1 aliphatic heterocycles. The minimum absolute atomic E-state index is 0.131. The van der Waals surface area contributed by atoms with Crippen LogP contribution in [0.5, 0.6) is 0 Å². The predicted octanol–water partition coefficient (Wildman–Crippen LogP) is 1.08. The summed E-state index contributed by atoms with van der Waals surface area (Å²) in [5, 5.41) is 0. The predicted molar refractivity (Wildman–Crippen MR) is 59.3 cm³/mol. The van der Waals surface area contributed by atoms with Crippen LogP contribution in [-0.2, 0) is 4.74 Å². The molecule has 14 heavy (non-hydrogen) atoms. The van der Waals surface area contributed by atoms with Gasteiger partial charge in [0.2, 0.25) is 0 Å². The number of hydrogen-bond acceptors (Lipinski definition) is 3. The zero-order chi connectivity index (χ0) is 10.6. The molecule has 1 fully saturated rings. The topological polar surface area (TPSA) is 38.5 Å². The molecule has 1 saturated heterocycles. The van der Waals surface area contributed by atoms with Gasteiger partial charge in [-0.05, 0) is 32.9 Å². The number of hydrogen-bond donors (Lipinski definition) is 1. The van der Waals surface area contributed by atoms with Gasteiger partial charge >= 0.3 is 0 Å². The molecule has 2 N–H and O–H groups in total. The van der Waals surface area contributed by atoms with Crippen LogP contribution in [0.3, 0.4) is 0 Å². The fraction of sp³-hybridized carbons (Fsp3) is 1.00. The van der Waals surface area contributed by atoms with Gasteiger partial charge in [-0.3, -0.25) is 0 Å². The van der Waals surface area contributed by atoms with E-state index in [2.05, 4.69) is 18.7 Å². The van der Waals surface area contributed by atoms with Crippen molar-refractivity contribution in [2.24, 2.45) is 11.7 Å². The van der Waals surface area contributed by atoms with Crippen molar-refractivity contribution >= 4 is 0 Å². The summed E-state index contributed by atoms with van der Waals surface area (Å²) >= 11 is 0. The van der Waals surface area contributed by atoms with E-state index in [-0.39, 0.29) is 5.60 Å². The molecule has 1 aliphatic rings. The Morgan fingerprint density at radius 1 is 1.57 bits per heavy atom. The molecule has 0 aromatic heterocycles. The summed E-state index contributed by atoms with van der Waals surface area (Å²) in [7, 11) is 1.78. The van der Waals surface area contributed by atoms with E-state index in [1.54, 1.807) is 7.11 Å². The van der Waals surface area contributed by atoms with Gasteiger partial charge in [0, 0.05) is 26.1 Å². The zero-order valence-electron chi connectivity index (χ0n) is 9.75. The summed E-state index contributed by atoms with van der Waals surface area (Å²) in [4.78, 5) is 2.49. The van der Waals surface area contributed by atoms with E-state index >= 15 is 0 Å². The van der Waals surface area contributed by atoms with Crippen molar-refractivity contribution in [2.75, 3.05) is 33.3 Å². The molecule has 3 heteroatoms. The van der Waals surface area contributed by atoms with Crippen molar-refractivity contribution < 1.29 is 4.74 Å². The fourth-order valence-electron chi connectivity index (χ4n) is 2.26. The first-order chi connectivity index (χ1) is 6.66. The van der Waals surface area contributed by atoms with Crippen LogP contribution in [-0.4, -0.2) is 43.8 Å². The van der Waals surface area contributed by atoms with Gasteiger partial charge in [0.05, 0.1) is 5.60 Å². The molecular formula is C11H24N2O. The van der Waals surface area contributed by atoms with Crippen LogP contribution < -0.4 is 5.73 Å². The van der Waals surface area contributed by atoms with Gasteiger partial charge in [0.25, 0.3) is 0 Å². The minimum atomic E-state index is -0.131. The largest absolute Gasteiger partial charge is 0.377 e. The maximum atomic E-state index is 5.79. The lowest BCUT2D eigenvalue weighted by Crippen LogP contribution is -2.51. The quantitative estimate of drug-likeness (QED) is 0.738. The lowest BCUT2D eigenvalue weighted by Gasteiger charge is -2.41. The average Bonchev–Trinajstić information content (AvgIpc) is 2.28. The Kier molecular flexibility index (Phi) is 4.35. The highest BCUT2D eigenvalue weighted by atomic mass is 16.5. The highest BCUT2D eigenvalue weighted by molar-refractivity contribution is 4.89. The highest BCUT2D eigenvalue weighted by Gasteiger charge is 2.35. The van der Waals surface area contributed by atoms with Gasteiger partial charge in [0.15, 0.2) is 0 Å². The second-order valence-corrected chi connectivity index (χ2v) is 4.45. The van der Waals surface area contributed by atoms with Crippen LogP contribution in [0.25, 0.3) is 0 Å². The summed E-state index contributed by atoms with van der Waals surface area (Å²) in [5.74, 6) is 0.589. The first-order valence-electron chi connectivity index (χ1n) is 5.64. The van der Waals surface area contributed by atoms with Crippen molar-refractivity contribution in [3.05, 3.63) is 0 Å². The summed E-state index contributed by atoms with van der Waals surface area (Å²) in [6.45, 7) is 8.48. The Balaban J connectivity index is 2.57. The Bertz CT molecular complexity index is 169. The summed E-state index contributed by atoms with van der Waals surface area (Å²) in [6, 6.07) is 0. The van der Waals surface area contributed by atoms with Crippen molar-refractivity contribution in [1.82, 2.24) is 4.90 Å². The number of methoxy groups -OCH3 is 1. The molecule has 0 aliphatic carbocycles. The van der Waals surface area contributed by atoms with Crippen LogP contribution in [0.15, 0.2) is 0 Å². The number of likely N-dealkylation sites (tertiary alicyclic amines) is 1. The summed E-state index contributed by atoms with van der Waals surface area (Å²) < 4.78 is 5.57. The Hall–Kier alpha value is -0.120. The molecule has 0 amide bonds. The van der Waals surface area contributed by atoms with Gasteiger partial charge in [-0.25, -0.2) is 0 Å². The molecular weight excluding hydrogens is 176 g/mol. The van der Waals surface area contributed by atoms with E-state index in [1.807, 2.05) is 0 Å². The van der Waals surface area contributed by atoms with Gasteiger partial charge in [-0.1, -0.05) is 6.92 Å². The van der Waals surface area contributed by atoms with E-state index in [0.717, 1.165) is 13.1 Å². The lowest BCUT2D eigenvalue weighted by molar-refractivity contribution is -0.0588. The second kappa shape index (κ2) is 5.10. The molecule has 1 rings (SSSR count). The molecule has 2 atom stereocenters. The smallest absolute Gasteiger partial charge is 0.0812 e. The van der Waals surface area contributed by atoms with Crippen LogP contribution >= 0.6 is 0 Å². The van der Waals surface area contributed by atoms with E-state index in [9.17, 15) is 0 Å². The average molecular weight is 200 g/mol. The Morgan fingerprint density at radius 3 is 2.79 bits per heavy atom. The number of ether oxygens (including phenoxy) is 1. The molecule has 0 bridgehead atoms. The van der Waals surface area contributed by atoms with Gasteiger partial charge in [0.1, 0.15) is 0 Å². The number of nitrogens with zero attached hydrogens (tertiary/aromatic N) is 1. The maximum absolute atomic E-state index is 5.79. The molecule has 0 aromatic carbocycles. The van der Waals surface area contributed by atoms with Gasteiger partial charge < -0.3 is 15.4 Å². The molecule has 0 saturated carbocycles. The van der Waals surface area contributed by atoms with Crippen LogP contribution in [0.1, 0.15) is 26.7 Å². The number of piperidine rings is 1. The van der Waals surface area contributed by atoms with Crippen molar-refractivity contribution in [3.8, 4) is 0 Å². The van der Waals surface area contributed by atoms with E-state index in [0.29, 0.717) is 12.5 Å². The van der Waals surface area contributed by atoms with E-state index in [4.69, 9.17) is 10.5 Å². The highest BCUT2D eigenvalue weighted by Crippen LogP contribution is 2.28. The zero-order valence-corrected chi connectivity index (χ0v) is 9.75. The Labute approximate surface area is 87.6 Å². The maximum Gasteiger partial charge on any atom is 0.0812 e. The monoisotopic (exact) mass is 200 g/mol. The molecule has 0 spiro atoms.